The molecule has 132 valence electrons. The number of esters is 1. The fourth-order valence-electron chi connectivity index (χ4n) is 8.44. The molecule has 2 aliphatic carbocycles. The van der Waals surface area contributed by atoms with Crippen LogP contribution in [0.1, 0.15) is 38.2 Å². The Balaban J connectivity index is 1.67. The van der Waals surface area contributed by atoms with E-state index in [0.29, 0.717) is 12.0 Å². The second-order valence-electron chi connectivity index (χ2n) is 9.04. The van der Waals surface area contributed by atoms with Crippen molar-refractivity contribution in [1.29, 1.82) is 0 Å². The lowest BCUT2D eigenvalue weighted by molar-refractivity contribution is -0.150. The quantitative estimate of drug-likeness (QED) is 0.800. The normalized spacial score (nSPS) is 48.6. The van der Waals surface area contributed by atoms with Gasteiger partial charge in [-0.2, -0.15) is 0 Å². The van der Waals surface area contributed by atoms with Crippen LogP contribution in [0.4, 0.5) is 5.69 Å². The number of nitrogens with zero attached hydrogens (tertiary/aromatic N) is 1. The Kier molecular flexibility index (Phi) is 2.47. The van der Waals surface area contributed by atoms with Crippen LogP contribution in [-0.2, 0) is 14.9 Å². The molecule has 3 heterocycles. The fourth-order valence-corrected chi connectivity index (χ4v) is 8.44. The average Bonchev–Trinajstić information content (AvgIpc) is 3.29. The number of anilines is 1. The van der Waals surface area contributed by atoms with Gasteiger partial charge < -0.3 is 10.1 Å². The molecule has 0 amide bonds. The van der Waals surface area contributed by atoms with E-state index in [2.05, 4.69) is 41.4 Å². The predicted molar refractivity (Wildman–Crippen MR) is 95.4 cm³/mol. The Morgan fingerprint density at radius 2 is 2.12 bits per heavy atom. The Bertz CT molecular complexity index is 794. The number of ether oxygens (including phenoxy) is 1. The molecule has 6 rings (SSSR count). The Morgan fingerprint density at radius 1 is 1.28 bits per heavy atom. The molecule has 1 N–H and O–H groups in total. The highest BCUT2D eigenvalue weighted by molar-refractivity contribution is 5.82. The molecule has 3 aliphatic heterocycles. The molecule has 3 spiro atoms. The summed E-state index contributed by atoms with van der Waals surface area (Å²) in [5.74, 6) is 0.449. The third kappa shape index (κ3) is 1.23. The molecule has 4 heteroatoms. The van der Waals surface area contributed by atoms with E-state index in [1.54, 1.807) is 7.11 Å². The molecule has 5 aliphatic rings. The van der Waals surface area contributed by atoms with Crippen LogP contribution >= 0.6 is 0 Å². The van der Waals surface area contributed by atoms with Crippen molar-refractivity contribution in [2.75, 3.05) is 25.5 Å². The molecular formula is C21H26N2O2. The summed E-state index contributed by atoms with van der Waals surface area (Å²) in [5.41, 5.74) is 2.88. The van der Waals surface area contributed by atoms with Crippen LogP contribution in [0.2, 0.25) is 0 Å². The minimum Gasteiger partial charge on any atom is -0.469 e. The van der Waals surface area contributed by atoms with Crippen LogP contribution in [0.3, 0.4) is 0 Å². The Labute approximate surface area is 148 Å². The molecule has 6 atom stereocenters. The van der Waals surface area contributed by atoms with Crippen LogP contribution < -0.4 is 5.32 Å². The smallest absolute Gasteiger partial charge is 0.311 e. The molecule has 1 unspecified atom stereocenters. The van der Waals surface area contributed by atoms with E-state index in [9.17, 15) is 4.79 Å². The number of benzene rings is 1. The second-order valence-corrected chi connectivity index (χ2v) is 9.04. The molecule has 0 aromatic heterocycles. The maximum atomic E-state index is 12.9. The molecular weight excluding hydrogens is 312 g/mol. The zero-order valence-corrected chi connectivity index (χ0v) is 15.0. The Morgan fingerprint density at radius 3 is 2.96 bits per heavy atom. The van der Waals surface area contributed by atoms with Gasteiger partial charge in [0.2, 0.25) is 0 Å². The van der Waals surface area contributed by atoms with Gasteiger partial charge in [0.1, 0.15) is 0 Å². The monoisotopic (exact) mass is 338 g/mol. The van der Waals surface area contributed by atoms with Gasteiger partial charge in [0.25, 0.3) is 0 Å². The van der Waals surface area contributed by atoms with E-state index in [-0.39, 0.29) is 28.3 Å². The van der Waals surface area contributed by atoms with E-state index in [1.165, 1.54) is 43.6 Å². The maximum absolute atomic E-state index is 12.9. The predicted octanol–water partition coefficient (Wildman–Crippen LogP) is 2.79. The van der Waals surface area contributed by atoms with Gasteiger partial charge in [-0.1, -0.05) is 25.1 Å². The summed E-state index contributed by atoms with van der Waals surface area (Å²) in [6.07, 6.45) is 4.69. The SMILES string of the molecule is COC(=O)[C@@H]1C[C@]23CCCN4CC[C@]5(c6ccccc6N[C@]15C2C)[C@@H]43. The number of methoxy groups -OCH3 is 1. The topological polar surface area (TPSA) is 41.6 Å². The van der Waals surface area contributed by atoms with E-state index in [0.717, 1.165) is 6.42 Å². The first kappa shape index (κ1) is 14.6. The first-order chi connectivity index (χ1) is 12.1. The van der Waals surface area contributed by atoms with Crippen LogP contribution in [0, 0.1) is 17.3 Å². The van der Waals surface area contributed by atoms with Crippen LogP contribution in [0.25, 0.3) is 0 Å². The lowest BCUT2D eigenvalue weighted by atomic mass is 9.56. The third-order valence-corrected chi connectivity index (χ3v) is 8.91. The van der Waals surface area contributed by atoms with Gasteiger partial charge in [-0.15, -0.1) is 0 Å². The highest BCUT2D eigenvalue weighted by atomic mass is 16.5. The van der Waals surface area contributed by atoms with Crippen molar-refractivity contribution >= 4 is 11.7 Å². The number of hydrogen-bond acceptors (Lipinski definition) is 4. The largest absolute Gasteiger partial charge is 0.469 e. The maximum Gasteiger partial charge on any atom is 0.311 e. The van der Waals surface area contributed by atoms with Crippen molar-refractivity contribution in [3.8, 4) is 0 Å². The molecule has 4 nitrogen and oxygen atoms in total. The molecule has 1 aromatic rings. The number of rotatable bonds is 1. The van der Waals surface area contributed by atoms with E-state index in [1.807, 2.05) is 0 Å². The average molecular weight is 338 g/mol. The van der Waals surface area contributed by atoms with Crippen molar-refractivity contribution in [3.05, 3.63) is 29.8 Å². The van der Waals surface area contributed by atoms with Gasteiger partial charge in [-0.05, 0) is 61.7 Å². The zero-order valence-electron chi connectivity index (χ0n) is 15.0. The first-order valence-electron chi connectivity index (χ1n) is 9.81. The van der Waals surface area contributed by atoms with Crippen LogP contribution in [0.5, 0.6) is 0 Å². The van der Waals surface area contributed by atoms with Gasteiger partial charge in [0.15, 0.2) is 0 Å². The summed E-state index contributed by atoms with van der Waals surface area (Å²) in [6.45, 7) is 4.82. The van der Waals surface area contributed by atoms with E-state index >= 15 is 0 Å². The van der Waals surface area contributed by atoms with Gasteiger partial charge in [0, 0.05) is 17.1 Å². The summed E-state index contributed by atoms with van der Waals surface area (Å²) in [4.78, 5) is 15.7. The number of para-hydroxylation sites is 1. The lowest BCUT2D eigenvalue weighted by Gasteiger charge is -2.52. The van der Waals surface area contributed by atoms with Crippen LogP contribution in [-0.4, -0.2) is 42.6 Å². The van der Waals surface area contributed by atoms with Gasteiger partial charge in [0.05, 0.1) is 18.6 Å². The molecule has 2 saturated carbocycles. The highest BCUT2D eigenvalue weighted by Crippen LogP contribution is 2.79. The Hall–Kier alpha value is -1.55. The highest BCUT2D eigenvalue weighted by Gasteiger charge is 2.86. The van der Waals surface area contributed by atoms with Gasteiger partial charge in [-0.3, -0.25) is 9.69 Å². The van der Waals surface area contributed by atoms with Gasteiger partial charge in [-0.25, -0.2) is 0 Å². The first-order valence-corrected chi connectivity index (χ1v) is 9.81. The van der Waals surface area contributed by atoms with E-state index in [4.69, 9.17) is 4.74 Å². The third-order valence-electron chi connectivity index (χ3n) is 8.91. The summed E-state index contributed by atoms with van der Waals surface area (Å²) >= 11 is 0. The molecule has 1 aromatic carbocycles. The molecule has 25 heavy (non-hydrogen) atoms. The summed E-state index contributed by atoms with van der Waals surface area (Å²) in [7, 11) is 1.56. The number of carbonyl (C=O) groups is 1. The standard InChI is InChI=1S/C21H26N2O2/c1-13-19-8-5-10-23-11-9-20(18(19)23)14-6-3-4-7-16(14)22-21(13,20)15(12-19)17(24)25-2/h3-4,6-7,13,15,18,22H,5,8-12H2,1-2H3/t13?,15-,18-,19+,20-,21+/m0/s1. The van der Waals surface area contributed by atoms with E-state index < -0.39 is 0 Å². The van der Waals surface area contributed by atoms with Crippen molar-refractivity contribution in [1.82, 2.24) is 4.90 Å². The lowest BCUT2D eigenvalue weighted by Crippen LogP contribution is -2.63. The van der Waals surface area contributed by atoms with Crippen LogP contribution in [0.15, 0.2) is 24.3 Å². The number of fused-ring (bicyclic) bond motifs is 1. The molecule has 4 fully saturated rings. The summed E-state index contributed by atoms with van der Waals surface area (Å²) in [5, 5.41) is 3.96. The van der Waals surface area contributed by atoms with Crippen molar-refractivity contribution in [2.45, 2.75) is 49.6 Å². The number of carbonyl (C=O) groups excluding carboxylic acids is 1. The second kappa shape index (κ2) is 4.22. The summed E-state index contributed by atoms with van der Waals surface area (Å²) in [6, 6.07) is 9.42. The summed E-state index contributed by atoms with van der Waals surface area (Å²) < 4.78 is 5.32. The molecule has 2 bridgehead atoms. The minimum atomic E-state index is -0.173. The minimum absolute atomic E-state index is 0.00844. The fraction of sp³-hybridized carbons (Fsp3) is 0.667. The molecule has 0 radical (unpaired) electrons. The van der Waals surface area contributed by atoms with Crippen molar-refractivity contribution in [3.63, 3.8) is 0 Å². The molecule has 2 saturated heterocycles. The number of nitrogens with one attached hydrogen (secondary N) is 1. The zero-order chi connectivity index (χ0) is 17.0. The number of piperidine rings is 1. The van der Waals surface area contributed by atoms with Crippen molar-refractivity contribution in [2.24, 2.45) is 17.3 Å². The number of hydrogen-bond donors (Lipinski definition) is 1. The van der Waals surface area contributed by atoms with Crippen molar-refractivity contribution < 1.29 is 9.53 Å². The van der Waals surface area contributed by atoms with Gasteiger partial charge >= 0.3 is 5.97 Å².